The van der Waals surface area contributed by atoms with Crippen molar-refractivity contribution in [1.82, 2.24) is 4.98 Å². The minimum atomic E-state index is 0.784. The molecule has 1 aromatic carbocycles. The third-order valence-corrected chi connectivity index (χ3v) is 3.31. The van der Waals surface area contributed by atoms with E-state index >= 15 is 0 Å². The van der Waals surface area contributed by atoms with Gasteiger partial charge in [0.2, 0.25) is 0 Å². The zero-order chi connectivity index (χ0) is 13.7. The molecule has 0 fully saturated rings. The first kappa shape index (κ1) is 13.7. The van der Waals surface area contributed by atoms with Crippen LogP contribution in [-0.4, -0.2) is 11.5 Å². The van der Waals surface area contributed by atoms with Gasteiger partial charge in [-0.05, 0) is 37.6 Å². The number of benzene rings is 1. The van der Waals surface area contributed by atoms with E-state index in [0.717, 1.165) is 34.5 Å². The molecule has 0 spiro atoms. The number of aryl methyl sites for hydroxylation is 1. The highest BCUT2D eigenvalue weighted by atomic mass is 14.9. The number of hydrogen-bond donors (Lipinski definition) is 2. The number of aromatic nitrogens is 1. The van der Waals surface area contributed by atoms with Crippen molar-refractivity contribution in [3.8, 4) is 0 Å². The first-order valence-electron chi connectivity index (χ1n) is 7.11. The number of nitrogen functional groups attached to an aromatic ring is 1. The molecule has 0 amide bonds. The number of nitrogens with zero attached hydrogens (tertiary/aromatic N) is 1. The lowest BCUT2D eigenvalue weighted by atomic mass is 10.1. The zero-order valence-corrected chi connectivity index (χ0v) is 11.9. The maximum absolute atomic E-state index is 5.87. The second-order valence-corrected chi connectivity index (χ2v) is 5.08. The van der Waals surface area contributed by atoms with Crippen LogP contribution < -0.4 is 11.1 Å². The molecule has 19 heavy (non-hydrogen) atoms. The number of anilines is 2. The number of nitrogens with two attached hydrogens (primary N) is 1. The summed E-state index contributed by atoms with van der Waals surface area (Å²) in [6, 6.07) is 7.98. The van der Waals surface area contributed by atoms with Gasteiger partial charge >= 0.3 is 0 Å². The summed E-state index contributed by atoms with van der Waals surface area (Å²) in [5.41, 5.74) is 9.84. The van der Waals surface area contributed by atoms with E-state index in [4.69, 9.17) is 5.73 Å². The smallest absolute Gasteiger partial charge is 0.0727 e. The van der Waals surface area contributed by atoms with E-state index in [-0.39, 0.29) is 0 Å². The van der Waals surface area contributed by atoms with Gasteiger partial charge in [0.1, 0.15) is 0 Å². The van der Waals surface area contributed by atoms with Crippen molar-refractivity contribution in [2.45, 2.75) is 39.5 Å². The highest BCUT2D eigenvalue weighted by Crippen LogP contribution is 2.25. The van der Waals surface area contributed by atoms with E-state index in [1.807, 2.05) is 25.1 Å². The average molecular weight is 257 g/mol. The summed E-state index contributed by atoms with van der Waals surface area (Å²) in [6.45, 7) is 5.27. The van der Waals surface area contributed by atoms with Gasteiger partial charge in [-0.1, -0.05) is 26.2 Å². The van der Waals surface area contributed by atoms with E-state index in [0.29, 0.717) is 0 Å². The summed E-state index contributed by atoms with van der Waals surface area (Å²) in [5, 5.41) is 4.63. The molecule has 0 atom stereocenters. The maximum atomic E-state index is 5.87. The average Bonchev–Trinajstić information content (AvgIpc) is 2.39. The van der Waals surface area contributed by atoms with Crippen LogP contribution in [0.4, 0.5) is 11.4 Å². The Balaban J connectivity index is 2.14. The van der Waals surface area contributed by atoms with Crippen LogP contribution in [0.5, 0.6) is 0 Å². The van der Waals surface area contributed by atoms with E-state index in [2.05, 4.69) is 23.3 Å². The molecule has 102 valence electrons. The van der Waals surface area contributed by atoms with E-state index in [1.54, 1.807) is 0 Å². The number of rotatable bonds is 6. The summed E-state index contributed by atoms with van der Waals surface area (Å²) in [4.78, 5) is 4.54. The molecule has 0 aliphatic heterocycles. The second kappa shape index (κ2) is 6.41. The Kier molecular flexibility index (Phi) is 4.61. The minimum Gasteiger partial charge on any atom is -0.399 e. The molecule has 0 aliphatic rings. The fourth-order valence-electron chi connectivity index (χ4n) is 2.30. The molecule has 0 saturated heterocycles. The van der Waals surface area contributed by atoms with Crippen LogP contribution >= 0.6 is 0 Å². The molecule has 1 aromatic heterocycles. The van der Waals surface area contributed by atoms with Crippen molar-refractivity contribution in [3.63, 3.8) is 0 Å². The van der Waals surface area contributed by atoms with Crippen molar-refractivity contribution in [3.05, 3.63) is 30.0 Å². The van der Waals surface area contributed by atoms with Gasteiger partial charge in [-0.2, -0.15) is 0 Å². The predicted molar refractivity (Wildman–Crippen MR) is 83.5 cm³/mol. The van der Waals surface area contributed by atoms with Gasteiger partial charge < -0.3 is 11.1 Å². The Morgan fingerprint density at radius 1 is 1.16 bits per heavy atom. The van der Waals surface area contributed by atoms with Crippen molar-refractivity contribution in [2.75, 3.05) is 17.6 Å². The van der Waals surface area contributed by atoms with Crippen LogP contribution in [0.15, 0.2) is 24.3 Å². The van der Waals surface area contributed by atoms with Gasteiger partial charge in [0.05, 0.1) is 5.52 Å². The summed E-state index contributed by atoms with van der Waals surface area (Å²) in [7, 11) is 0. The Labute approximate surface area is 115 Å². The number of fused-ring (bicyclic) bond motifs is 1. The topological polar surface area (TPSA) is 50.9 Å². The Morgan fingerprint density at radius 3 is 2.79 bits per heavy atom. The fraction of sp³-hybridized carbons (Fsp3) is 0.438. The van der Waals surface area contributed by atoms with Crippen LogP contribution in [0.25, 0.3) is 10.9 Å². The first-order chi connectivity index (χ1) is 9.20. The molecule has 1 heterocycles. The molecule has 0 bridgehead atoms. The van der Waals surface area contributed by atoms with Gasteiger partial charge in [0.25, 0.3) is 0 Å². The molecular formula is C16H23N3. The monoisotopic (exact) mass is 257 g/mol. The fourth-order valence-corrected chi connectivity index (χ4v) is 2.30. The number of nitrogens with one attached hydrogen (secondary N) is 1. The van der Waals surface area contributed by atoms with E-state index in [1.165, 1.54) is 25.7 Å². The van der Waals surface area contributed by atoms with Crippen LogP contribution in [0.3, 0.4) is 0 Å². The van der Waals surface area contributed by atoms with Crippen LogP contribution in [0.2, 0.25) is 0 Å². The zero-order valence-electron chi connectivity index (χ0n) is 11.9. The quantitative estimate of drug-likeness (QED) is 0.604. The Bertz CT molecular complexity index is 549. The van der Waals surface area contributed by atoms with Crippen molar-refractivity contribution in [2.24, 2.45) is 0 Å². The molecule has 2 rings (SSSR count). The lowest BCUT2D eigenvalue weighted by Crippen LogP contribution is -2.03. The Hall–Kier alpha value is -1.77. The standard InChI is InChI=1S/C16H23N3/c1-3-4-5-6-9-18-16-10-12(2)19-15-8-7-13(17)11-14(15)16/h7-8,10-11H,3-6,9,17H2,1-2H3,(H,18,19). The third-order valence-electron chi connectivity index (χ3n) is 3.31. The van der Waals surface area contributed by atoms with Crippen molar-refractivity contribution in [1.29, 1.82) is 0 Å². The highest BCUT2D eigenvalue weighted by molar-refractivity contribution is 5.93. The molecule has 0 aliphatic carbocycles. The Morgan fingerprint density at radius 2 is 2.00 bits per heavy atom. The summed E-state index contributed by atoms with van der Waals surface area (Å²) >= 11 is 0. The molecular weight excluding hydrogens is 234 g/mol. The third kappa shape index (κ3) is 3.60. The lowest BCUT2D eigenvalue weighted by Gasteiger charge is -2.11. The normalized spacial score (nSPS) is 10.8. The lowest BCUT2D eigenvalue weighted by molar-refractivity contribution is 0.685. The first-order valence-corrected chi connectivity index (χ1v) is 7.11. The summed E-state index contributed by atoms with van der Waals surface area (Å²) < 4.78 is 0. The van der Waals surface area contributed by atoms with Crippen LogP contribution in [-0.2, 0) is 0 Å². The largest absolute Gasteiger partial charge is 0.399 e. The number of unbranched alkanes of at least 4 members (excludes halogenated alkanes) is 3. The van der Waals surface area contributed by atoms with Gasteiger partial charge in [0.15, 0.2) is 0 Å². The van der Waals surface area contributed by atoms with Gasteiger partial charge in [-0.15, -0.1) is 0 Å². The number of hydrogen-bond acceptors (Lipinski definition) is 3. The maximum Gasteiger partial charge on any atom is 0.0727 e. The van der Waals surface area contributed by atoms with E-state index in [9.17, 15) is 0 Å². The summed E-state index contributed by atoms with van der Waals surface area (Å²) in [5.74, 6) is 0. The molecule has 0 unspecified atom stereocenters. The predicted octanol–water partition coefficient (Wildman–Crippen LogP) is 4.12. The molecule has 0 radical (unpaired) electrons. The summed E-state index contributed by atoms with van der Waals surface area (Å²) in [6.07, 6.45) is 5.07. The SMILES string of the molecule is CCCCCCNc1cc(C)nc2ccc(N)cc12. The minimum absolute atomic E-state index is 0.784. The van der Waals surface area contributed by atoms with Crippen molar-refractivity contribution >= 4 is 22.3 Å². The van der Waals surface area contributed by atoms with Gasteiger partial charge in [0, 0.05) is 29.0 Å². The second-order valence-electron chi connectivity index (χ2n) is 5.08. The van der Waals surface area contributed by atoms with Crippen molar-refractivity contribution < 1.29 is 0 Å². The molecule has 3 heteroatoms. The van der Waals surface area contributed by atoms with Gasteiger partial charge in [-0.25, -0.2) is 0 Å². The van der Waals surface area contributed by atoms with Crippen LogP contribution in [0, 0.1) is 6.92 Å². The van der Waals surface area contributed by atoms with E-state index < -0.39 is 0 Å². The molecule has 3 N–H and O–H groups in total. The number of pyridine rings is 1. The molecule has 2 aromatic rings. The molecule has 3 nitrogen and oxygen atoms in total. The highest BCUT2D eigenvalue weighted by Gasteiger charge is 2.04. The van der Waals surface area contributed by atoms with Gasteiger partial charge in [-0.3, -0.25) is 4.98 Å². The molecule has 0 saturated carbocycles. The van der Waals surface area contributed by atoms with Crippen LogP contribution in [0.1, 0.15) is 38.3 Å².